The second kappa shape index (κ2) is 3.65. The molecule has 1 aliphatic heterocycles. The predicted molar refractivity (Wildman–Crippen MR) is 49.8 cm³/mol. The van der Waals surface area contributed by atoms with Gasteiger partial charge in [0.2, 0.25) is 5.91 Å². The Morgan fingerprint density at radius 2 is 2.29 bits per heavy atom. The Balaban J connectivity index is 2.34. The Morgan fingerprint density at radius 3 is 3.14 bits per heavy atom. The van der Waals surface area contributed by atoms with E-state index in [-0.39, 0.29) is 11.7 Å². The van der Waals surface area contributed by atoms with E-state index in [2.05, 4.69) is 5.32 Å². The molecule has 0 fully saturated rings. The molecule has 0 saturated carbocycles. The number of ether oxygens (including phenoxy) is 1. The number of hydrogen-bond acceptors (Lipinski definition) is 2. The summed E-state index contributed by atoms with van der Waals surface area (Å²) < 4.78 is 18.2. The standard InChI is InChI=1S/C10H10FNO2/c11-7-3-4-9-8(6-7)12-10(13)2-1-5-14-9/h3-4,6H,1-2,5H2,(H,12,13). The molecule has 0 atom stereocenters. The molecular weight excluding hydrogens is 185 g/mol. The van der Waals surface area contributed by atoms with E-state index in [4.69, 9.17) is 4.74 Å². The molecule has 1 amide bonds. The first-order chi connectivity index (χ1) is 6.75. The molecule has 3 nitrogen and oxygen atoms in total. The largest absolute Gasteiger partial charge is 0.491 e. The van der Waals surface area contributed by atoms with E-state index in [0.717, 1.165) is 0 Å². The summed E-state index contributed by atoms with van der Waals surface area (Å²) in [5, 5.41) is 2.60. The lowest BCUT2D eigenvalue weighted by Gasteiger charge is -2.15. The first-order valence-electron chi connectivity index (χ1n) is 4.48. The average Bonchev–Trinajstić information content (AvgIpc) is 2.12. The van der Waals surface area contributed by atoms with Crippen molar-refractivity contribution in [3.8, 4) is 5.75 Å². The van der Waals surface area contributed by atoms with E-state index in [1.807, 2.05) is 0 Å². The zero-order valence-electron chi connectivity index (χ0n) is 7.55. The highest BCUT2D eigenvalue weighted by atomic mass is 19.1. The number of nitrogens with one attached hydrogen (secondary N) is 1. The Hall–Kier alpha value is -1.58. The number of fused-ring (bicyclic) bond motifs is 1. The SMILES string of the molecule is O=C1CCCOc2ccc(F)cc2N1. The van der Waals surface area contributed by atoms with Gasteiger partial charge < -0.3 is 10.1 Å². The highest BCUT2D eigenvalue weighted by Crippen LogP contribution is 2.26. The summed E-state index contributed by atoms with van der Waals surface area (Å²) in [4.78, 5) is 11.2. The first kappa shape index (κ1) is 8.99. The van der Waals surface area contributed by atoms with E-state index in [9.17, 15) is 9.18 Å². The summed E-state index contributed by atoms with van der Waals surface area (Å²) in [6, 6.07) is 4.10. The minimum atomic E-state index is -0.381. The second-order valence-electron chi connectivity index (χ2n) is 3.14. The fourth-order valence-corrected chi connectivity index (χ4v) is 1.35. The Kier molecular flexibility index (Phi) is 2.35. The van der Waals surface area contributed by atoms with Crippen LogP contribution in [-0.4, -0.2) is 12.5 Å². The minimum absolute atomic E-state index is 0.0971. The molecule has 2 rings (SSSR count). The fourth-order valence-electron chi connectivity index (χ4n) is 1.35. The van der Waals surface area contributed by atoms with Gasteiger partial charge in [0.15, 0.2) is 0 Å². The van der Waals surface area contributed by atoms with Crippen LogP contribution in [-0.2, 0) is 4.79 Å². The van der Waals surface area contributed by atoms with Crippen LogP contribution in [0.3, 0.4) is 0 Å². The summed E-state index contributed by atoms with van der Waals surface area (Å²) in [6.45, 7) is 0.492. The quantitative estimate of drug-likeness (QED) is 0.687. The maximum absolute atomic E-state index is 12.8. The minimum Gasteiger partial charge on any atom is -0.491 e. The van der Waals surface area contributed by atoms with E-state index >= 15 is 0 Å². The Bertz CT molecular complexity index is 365. The van der Waals surface area contributed by atoms with Crippen molar-refractivity contribution in [1.82, 2.24) is 0 Å². The fraction of sp³-hybridized carbons (Fsp3) is 0.300. The lowest BCUT2D eigenvalue weighted by molar-refractivity contribution is -0.116. The molecule has 1 aromatic carbocycles. The van der Waals surface area contributed by atoms with Gasteiger partial charge in [-0.1, -0.05) is 0 Å². The topological polar surface area (TPSA) is 38.3 Å². The van der Waals surface area contributed by atoms with Crippen molar-refractivity contribution >= 4 is 11.6 Å². The van der Waals surface area contributed by atoms with Crippen LogP contribution in [0.25, 0.3) is 0 Å². The van der Waals surface area contributed by atoms with Gasteiger partial charge in [0.05, 0.1) is 12.3 Å². The van der Waals surface area contributed by atoms with Crippen molar-refractivity contribution in [1.29, 1.82) is 0 Å². The monoisotopic (exact) mass is 195 g/mol. The van der Waals surface area contributed by atoms with Crippen LogP contribution in [0.4, 0.5) is 10.1 Å². The number of rotatable bonds is 0. The highest BCUT2D eigenvalue weighted by molar-refractivity contribution is 5.92. The van der Waals surface area contributed by atoms with Crippen molar-refractivity contribution in [3.05, 3.63) is 24.0 Å². The smallest absolute Gasteiger partial charge is 0.224 e. The van der Waals surface area contributed by atoms with Gasteiger partial charge in [-0.15, -0.1) is 0 Å². The summed E-state index contributed by atoms with van der Waals surface area (Å²) >= 11 is 0. The lowest BCUT2D eigenvalue weighted by atomic mass is 10.2. The summed E-state index contributed by atoms with van der Waals surface area (Å²) in [6.07, 6.45) is 1.10. The van der Waals surface area contributed by atoms with Crippen molar-refractivity contribution < 1.29 is 13.9 Å². The van der Waals surface area contributed by atoms with Crippen molar-refractivity contribution in [2.45, 2.75) is 12.8 Å². The molecule has 14 heavy (non-hydrogen) atoms. The van der Waals surface area contributed by atoms with Crippen LogP contribution in [0.2, 0.25) is 0 Å². The van der Waals surface area contributed by atoms with Gasteiger partial charge >= 0.3 is 0 Å². The molecule has 0 bridgehead atoms. The third kappa shape index (κ3) is 1.84. The highest BCUT2D eigenvalue weighted by Gasteiger charge is 2.12. The molecule has 0 unspecified atom stereocenters. The van der Waals surface area contributed by atoms with E-state index in [1.165, 1.54) is 18.2 Å². The zero-order valence-corrected chi connectivity index (χ0v) is 7.55. The third-order valence-electron chi connectivity index (χ3n) is 2.02. The van der Waals surface area contributed by atoms with Gasteiger partial charge in [0.1, 0.15) is 11.6 Å². The van der Waals surface area contributed by atoms with Crippen LogP contribution in [0.5, 0.6) is 5.75 Å². The maximum atomic E-state index is 12.8. The van der Waals surface area contributed by atoms with Crippen molar-refractivity contribution in [2.24, 2.45) is 0 Å². The molecule has 0 saturated heterocycles. The van der Waals surface area contributed by atoms with Crippen LogP contribution in [0, 0.1) is 5.82 Å². The van der Waals surface area contributed by atoms with Gasteiger partial charge in [0, 0.05) is 12.5 Å². The van der Waals surface area contributed by atoms with Crippen molar-refractivity contribution in [3.63, 3.8) is 0 Å². The summed E-state index contributed by atoms with van der Waals surface area (Å²) in [7, 11) is 0. The Morgan fingerprint density at radius 1 is 1.43 bits per heavy atom. The normalized spacial score (nSPS) is 15.9. The molecule has 0 spiro atoms. The predicted octanol–water partition coefficient (Wildman–Crippen LogP) is 1.94. The molecule has 1 N–H and O–H groups in total. The van der Waals surface area contributed by atoms with Crippen LogP contribution in [0.15, 0.2) is 18.2 Å². The van der Waals surface area contributed by atoms with E-state index in [1.54, 1.807) is 0 Å². The molecule has 0 aliphatic carbocycles. The Labute approximate surface area is 80.9 Å². The molecular formula is C10H10FNO2. The number of hydrogen-bond donors (Lipinski definition) is 1. The van der Waals surface area contributed by atoms with Gasteiger partial charge in [-0.05, 0) is 18.6 Å². The van der Waals surface area contributed by atoms with Crippen LogP contribution >= 0.6 is 0 Å². The van der Waals surface area contributed by atoms with Gasteiger partial charge in [0.25, 0.3) is 0 Å². The van der Waals surface area contributed by atoms with Gasteiger partial charge in [-0.3, -0.25) is 4.79 Å². The molecule has 1 aliphatic rings. The van der Waals surface area contributed by atoms with Crippen molar-refractivity contribution in [2.75, 3.05) is 11.9 Å². The molecule has 0 radical (unpaired) electrons. The number of carbonyl (C=O) groups is 1. The lowest BCUT2D eigenvalue weighted by Crippen LogP contribution is -2.16. The molecule has 1 heterocycles. The summed E-state index contributed by atoms with van der Waals surface area (Å²) in [5.74, 6) is 0.0489. The van der Waals surface area contributed by atoms with Crippen LogP contribution < -0.4 is 10.1 Å². The average molecular weight is 195 g/mol. The number of carbonyl (C=O) groups excluding carboxylic acids is 1. The third-order valence-corrected chi connectivity index (χ3v) is 2.02. The number of halogens is 1. The molecule has 4 heteroatoms. The summed E-state index contributed by atoms with van der Waals surface area (Å²) in [5.41, 5.74) is 0.412. The number of anilines is 1. The van der Waals surface area contributed by atoms with E-state index < -0.39 is 0 Å². The van der Waals surface area contributed by atoms with Gasteiger partial charge in [-0.25, -0.2) is 4.39 Å². The van der Waals surface area contributed by atoms with Gasteiger partial charge in [-0.2, -0.15) is 0 Å². The number of benzene rings is 1. The molecule has 0 aromatic heterocycles. The molecule has 74 valence electrons. The number of amides is 1. The molecule has 1 aromatic rings. The first-order valence-corrected chi connectivity index (χ1v) is 4.48. The van der Waals surface area contributed by atoms with E-state index in [0.29, 0.717) is 30.9 Å². The van der Waals surface area contributed by atoms with Crippen LogP contribution in [0.1, 0.15) is 12.8 Å². The second-order valence-corrected chi connectivity index (χ2v) is 3.14. The zero-order chi connectivity index (χ0) is 9.97. The maximum Gasteiger partial charge on any atom is 0.224 e.